The van der Waals surface area contributed by atoms with Gasteiger partial charge in [-0.3, -0.25) is 4.79 Å². The Balaban J connectivity index is 0.00000312. The van der Waals surface area contributed by atoms with Gasteiger partial charge in [-0.25, -0.2) is 4.98 Å². The fourth-order valence-electron chi connectivity index (χ4n) is 1.88. The summed E-state index contributed by atoms with van der Waals surface area (Å²) < 4.78 is 41.8. The van der Waals surface area contributed by atoms with E-state index < -0.39 is 18.7 Å². The monoisotopic (exact) mass is 395 g/mol. The molecule has 3 N–H and O–H groups in total. The summed E-state index contributed by atoms with van der Waals surface area (Å²) >= 11 is 1.27. The number of rotatable bonds is 6. The SMILES string of the molecule is Cc1ccc(CNC(=O)c2csc(CN)n2)c(OCC(F)(F)F)c1.Cl. The van der Waals surface area contributed by atoms with Crippen LogP contribution in [0, 0.1) is 6.92 Å². The van der Waals surface area contributed by atoms with Gasteiger partial charge in [-0.1, -0.05) is 12.1 Å². The maximum absolute atomic E-state index is 12.3. The zero-order valence-electron chi connectivity index (χ0n) is 13.2. The van der Waals surface area contributed by atoms with E-state index in [1.165, 1.54) is 17.4 Å². The molecule has 1 aromatic heterocycles. The summed E-state index contributed by atoms with van der Waals surface area (Å²) in [7, 11) is 0. The van der Waals surface area contributed by atoms with Gasteiger partial charge in [0.2, 0.25) is 0 Å². The Hall–Kier alpha value is -1.84. The zero-order chi connectivity index (χ0) is 17.7. The van der Waals surface area contributed by atoms with Crippen molar-refractivity contribution in [1.29, 1.82) is 0 Å². The van der Waals surface area contributed by atoms with Gasteiger partial charge in [-0.15, -0.1) is 23.7 Å². The van der Waals surface area contributed by atoms with Crippen LogP contribution in [0.4, 0.5) is 13.2 Å². The second-order valence-corrected chi connectivity index (χ2v) is 5.97. The molecule has 0 aliphatic heterocycles. The molecule has 2 rings (SSSR count). The van der Waals surface area contributed by atoms with Crippen LogP contribution in [0.1, 0.15) is 26.6 Å². The largest absolute Gasteiger partial charge is 0.484 e. The Kier molecular flexibility index (Phi) is 7.65. The van der Waals surface area contributed by atoms with Crippen molar-refractivity contribution in [2.45, 2.75) is 26.2 Å². The molecule has 0 saturated carbocycles. The molecule has 10 heteroatoms. The molecule has 0 fully saturated rings. The summed E-state index contributed by atoms with van der Waals surface area (Å²) in [5, 5.41) is 4.82. The van der Waals surface area contributed by atoms with Crippen LogP contribution in [0.25, 0.3) is 0 Å². The van der Waals surface area contributed by atoms with Gasteiger partial charge in [-0.2, -0.15) is 13.2 Å². The van der Waals surface area contributed by atoms with Crippen LogP contribution >= 0.6 is 23.7 Å². The third-order valence-electron chi connectivity index (χ3n) is 3.01. The molecule has 0 radical (unpaired) electrons. The topological polar surface area (TPSA) is 77.2 Å². The van der Waals surface area contributed by atoms with E-state index in [-0.39, 0.29) is 36.9 Å². The summed E-state index contributed by atoms with van der Waals surface area (Å²) in [6.45, 7) is 0.628. The lowest BCUT2D eigenvalue weighted by atomic mass is 10.1. The molecule has 1 amide bonds. The highest BCUT2D eigenvalue weighted by molar-refractivity contribution is 7.09. The first-order valence-corrected chi connectivity index (χ1v) is 7.88. The molecule has 25 heavy (non-hydrogen) atoms. The van der Waals surface area contributed by atoms with Gasteiger partial charge in [0, 0.05) is 24.0 Å². The minimum Gasteiger partial charge on any atom is -0.484 e. The van der Waals surface area contributed by atoms with E-state index in [2.05, 4.69) is 10.3 Å². The number of aryl methyl sites for hydroxylation is 1. The number of alkyl halides is 3. The first kappa shape index (κ1) is 21.2. The van der Waals surface area contributed by atoms with Crippen LogP contribution in [0.2, 0.25) is 0 Å². The molecule has 0 aliphatic carbocycles. The molecular weight excluding hydrogens is 379 g/mol. The molecular formula is C15H17ClF3N3O2S. The van der Waals surface area contributed by atoms with Gasteiger partial charge in [0.05, 0.1) is 0 Å². The van der Waals surface area contributed by atoms with Crippen LogP contribution in [0.5, 0.6) is 5.75 Å². The highest BCUT2D eigenvalue weighted by Crippen LogP contribution is 2.24. The van der Waals surface area contributed by atoms with Crippen molar-refractivity contribution in [3.05, 3.63) is 45.4 Å². The fourth-order valence-corrected chi connectivity index (χ4v) is 2.53. The number of carbonyl (C=O) groups is 1. The second-order valence-electron chi connectivity index (χ2n) is 5.03. The number of hydrogen-bond acceptors (Lipinski definition) is 5. The molecule has 2 aromatic rings. The van der Waals surface area contributed by atoms with Crippen LogP contribution in [0.15, 0.2) is 23.6 Å². The molecule has 0 saturated heterocycles. The molecule has 0 bridgehead atoms. The maximum atomic E-state index is 12.3. The molecule has 0 atom stereocenters. The smallest absolute Gasteiger partial charge is 0.422 e. The summed E-state index contributed by atoms with van der Waals surface area (Å²) in [5.41, 5.74) is 6.88. The zero-order valence-corrected chi connectivity index (χ0v) is 14.9. The number of nitrogens with two attached hydrogens (primary N) is 1. The standard InChI is InChI=1S/C15H16F3N3O2S.ClH/c1-9-2-3-10(12(4-9)23-8-15(16,17)18)6-20-14(22)11-7-24-13(5-19)21-11;/h2-4,7H,5-6,8,19H2,1H3,(H,20,22);1H. The average molecular weight is 396 g/mol. The first-order chi connectivity index (χ1) is 11.3. The molecule has 1 heterocycles. The summed E-state index contributed by atoms with van der Waals surface area (Å²) in [6.07, 6.45) is -4.43. The van der Waals surface area contributed by atoms with Crippen molar-refractivity contribution in [1.82, 2.24) is 10.3 Å². The van der Waals surface area contributed by atoms with Crippen LogP contribution in [-0.4, -0.2) is 23.7 Å². The van der Waals surface area contributed by atoms with Crippen molar-refractivity contribution in [3.8, 4) is 5.75 Å². The minimum absolute atomic E-state index is 0. The lowest BCUT2D eigenvalue weighted by Gasteiger charge is -2.14. The molecule has 0 spiro atoms. The quantitative estimate of drug-likeness (QED) is 0.787. The van der Waals surface area contributed by atoms with Crippen molar-refractivity contribution >= 4 is 29.7 Å². The van der Waals surface area contributed by atoms with E-state index in [4.69, 9.17) is 10.5 Å². The summed E-state index contributed by atoms with van der Waals surface area (Å²) in [5.74, 6) is -0.332. The summed E-state index contributed by atoms with van der Waals surface area (Å²) in [4.78, 5) is 16.1. The Bertz CT molecular complexity index is 722. The van der Waals surface area contributed by atoms with Gasteiger partial charge in [-0.05, 0) is 18.6 Å². The van der Waals surface area contributed by atoms with Gasteiger partial charge in [0.15, 0.2) is 6.61 Å². The lowest BCUT2D eigenvalue weighted by Crippen LogP contribution is -2.24. The van der Waals surface area contributed by atoms with E-state index in [1.54, 1.807) is 24.4 Å². The average Bonchev–Trinajstić information content (AvgIpc) is 3.00. The van der Waals surface area contributed by atoms with E-state index >= 15 is 0 Å². The van der Waals surface area contributed by atoms with E-state index in [9.17, 15) is 18.0 Å². The molecule has 0 aliphatic rings. The van der Waals surface area contributed by atoms with Crippen molar-refractivity contribution in [3.63, 3.8) is 0 Å². The lowest BCUT2D eigenvalue weighted by molar-refractivity contribution is -0.153. The number of ether oxygens (including phenoxy) is 1. The van der Waals surface area contributed by atoms with Crippen LogP contribution in [0.3, 0.4) is 0 Å². The Morgan fingerprint density at radius 1 is 1.40 bits per heavy atom. The van der Waals surface area contributed by atoms with E-state index in [0.717, 1.165) is 5.56 Å². The molecule has 0 unspecified atom stereocenters. The summed E-state index contributed by atoms with van der Waals surface area (Å²) in [6, 6.07) is 4.85. The van der Waals surface area contributed by atoms with E-state index in [1.807, 2.05) is 0 Å². The predicted molar refractivity (Wildman–Crippen MR) is 91.2 cm³/mol. The number of carbonyl (C=O) groups excluding carboxylic acids is 1. The second kappa shape index (κ2) is 9.02. The fraction of sp³-hybridized carbons (Fsp3) is 0.333. The molecule has 1 aromatic carbocycles. The van der Waals surface area contributed by atoms with Crippen LogP contribution in [-0.2, 0) is 13.1 Å². The Morgan fingerprint density at radius 2 is 2.12 bits per heavy atom. The minimum atomic E-state index is -4.43. The van der Waals surface area contributed by atoms with Crippen molar-refractivity contribution < 1.29 is 22.7 Å². The highest BCUT2D eigenvalue weighted by Gasteiger charge is 2.28. The maximum Gasteiger partial charge on any atom is 0.422 e. The Morgan fingerprint density at radius 3 is 2.72 bits per heavy atom. The number of nitrogens with one attached hydrogen (secondary N) is 1. The number of benzene rings is 1. The van der Waals surface area contributed by atoms with Crippen LogP contribution < -0.4 is 15.8 Å². The van der Waals surface area contributed by atoms with Crippen molar-refractivity contribution in [2.24, 2.45) is 5.73 Å². The van der Waals surface area contributed by atoms with E-state index in [0.29, 0.717) is 10.6 Å². The molecule has 138 valence electrons. The number of amides is 1. The van der Waals surface area contributed by atoms with Gasteiger partial charge in [0.1, 0.15) is 16.5 Å². The Labute approximate surface area is 152 Å². The number of halogens is 4. The van der Waals surface area contributed by atoms with Gasteiger partial charge >= 0.3 is 6.18 Å². The van der Waals surface area contributed by atoms with Gasteiger partial charge in [0.25, 0.3) is 5.91 Å². The number of aromatic nitrogens is 1. The number of hydrogen-bond donors (Lipinski definition) is 2. The predicted octanol–water partition coefficient (Wildman–Crippen LogP) is 3.20. The molecule has 5 nitrogen and oxygen atoms in total. The first-order valence-electron chi connectivity index (χ1n) is 7.00. The number of thiazole rings is 1. The normalized spacial score (nSPS) is 10.9. The number of nitrogens with zero attached hydrogens (tertiary/aromatic N) is 1. The third-order valence-corrected chi connectivity index (χ3v) is 3.88. The highest BCUT2D eigenvalue weighted by atomic mass is 35.5. The van der Waals surface area contributed by atoms with Gasteiger partial charge < -0.3 is 15.8 Å². The van der Waals surface area contributed by atoms with Crippen molar-refractivity contribution in [2.75, 3.05) is 6.61 Å². The third kappa shape index (κ3) is 6.52.